The topological polar surface area (TPSA) is 64.1 Å². The van der Waals surface area contributed by atoms with Gasteiger partial charge in [-0.1, -0.05) is 18.2 Å². The average Bonchev–Trinajstić information content (AvgIpc) is 2.87. The Kier molecular flexibility index (Phi) is 3.85. The summed E-state index contributed by atoms with van der Waals surface area (Å²) in [6.07, 6.45) is -2.78. The number of nitrogens with zero attached hydrogens (tertiary/aromatic N) is 2. The summed E-state index contributed by atoms with van der Waals surface area (Å²) in [4.78, 5) is 4.23. The maximum Gasteiger partial charge on any atom is 0.416 e. The molecule has 0 aliphatic heterocycles. The largest absolute Gasteiger partial charge is 0.416 e. The van der Waals surface area contributed by atoms with Gasteiger partial charge in [-0.2, -0.15) is 13.2 Å². The van der Waals surface area contributed by atoms with Gasteiger partial charge in [0, 0.05) is 0 Å². The first-order valence-corrected chi connectivity index (χ1v) is 7.27. The number of aromatic nitrogens is 2. The van der Waals surface area contributed by atoms with Crippen molar-refractivity contribution in [3.8, 4) is 11.1 Å². The van der Waals surface area contributed by atoms with Crippen molar-refractivity contribution in [3.05, 3.63) is 54.4 Å². The zero-order chi connectivity index (χ0) is 17.5. The number of benzene rings is 2. The van der Waals surface area contributed by atoms with Crippen LogP contribution in [0.2, 0.25) is 0 Å². The lowest BCUT2D eigenvalue weighted by Crippen LogP contribution is -2.40. The fourth-order valence-electron chi connectivity index (χ4n) is 2.56. The molecule has 0 saturated heterocycles. The molecule has 0 spiro atoms. The van der Waals surface area contributed by atoms with Gasteiger partial charge in [-0.15, -0.1) is 0 Å². The molecule has 24 heavy (non-hydrogen) atoms. The summed E-state index contributed by atoms with van der Waals surface area (Å²) in [6.45, 7) is 1.64. The Bertz CT molecular complexity index is 861. The Balaban J connectivity index is 1.99. The van der Waals surface area contributed by atoms with Crippen LogP contribution in [0.25, 0.3) is 22.2 Å². The van der Waals surface area contributed by atoms with E-state index in [4.69, 9.17) is 5.73 Å². The predicted molar refractivity (Wildman–Crippen MR) is 85.0 cm³/mol. The molecule has 0 saturated carbocycles. The minimum atomic E-state index is -4.35. The second-order valence-electron chi connectivity index (χ2n) is 6.01. The van der Waals surface area contributed by atoms with Crippen molar-refractivity contribution in [1.29, 1.82) is 0 Å². The highest BCUT2D eigenvalue weighted by molar-refractivity contribution is 5.82. The van der Waals surface area contributed by atoms with Crippen LogP contribution in [-0.2, 0) is 12.7 Å². The number of fused-ring (bicyclic) bond motifs is 1. The molecule has 0 amide bonds. The third-order valence-electron chi connectivity index (χ3n) is 3.66. The number of imidazole rings is 1. The molecule has 1 unspecified atom stereocenters. The number of alkyl halides is 3. The lowest BCUT2D eigenvalue weighted by Gasteiger charge is -2.18. The number of nitrogens with two attached hydrogens (primary N) is 1. The molecule has 0 aliphatic rings. The molecule has 3 rings (SSSR count). The van der Waals surface area contributed by atoms with Crippen molar-refractivity contribution < 1.29 is 18.3 Å². The standard InChI is InChI=1S/C17H16F3N3O/c1-16(21,24)9-23-10-22-14-7-4-12(8-15(14)23)11-2-5-13(6-3-11)17(18,19)20/h2-8,10,24H,9,21H2,1H3. The minimum Gasteiger partial charge on any atom is -0.374 e. The smallest absolute Gasteiger partial charge is 0.374 e. The van der Waals surface area contributed by atoms with Crippen LogP contribution in [0.1, 0.15) is 12.5 Å². The van der Waals surface area contributed by atoms with Crippen molar-refractivity contribution in [1.82, 2.24) is 9.55 Å². The first-order chi connectivity index (χ1) is 11.1. The van der Waals surface area contributed by atoms with E-state index in [9.17, 15) is 18.3 Å². The third-order valence-corrected chi connectivity index (χ3v) is 3.66. The lowest BCUT2D eigenvalue weighted by molar-refractivity contribution is -0.137. The molecule has 1 atom stereocenters. The van der Waals surface area contributed by atoms with Crippen molar-refractivity contribution in [2.75, 3.05) is 0 Å². The Hall–Kier alpha value is -2.38. The van der Waals surface area contributed by atoms with E-state index in [1.54, 1.807) is 23.0 Å². The van der Waals surface area contributed by atoms with Gasteiger partial charge in [-0.3, -0.25) is 0 Å². The maximum atomic E-state index is 12.7. The van der Waals surface area contributed by atoms with Gasteiger partial charge >= 0.3 is 6.18 Å². The number of hydrogen-bond donors (Lipinski definition) is 2. The van der Waals surface area contributed by atoms with E-state index in [1.807, 2.05) is 6.07 Å². The SMILES string of the molecule is CC(N)(O)Cn1cnc2ccc(-c3ccc(C(F)(F)F)cc3)cc21. The number of hydrogen-bond acceptors (Lipinski definition) is 3. The molecule has 0 aliphatic carbocycles. The van der Waals surface area contributed by atoms with Crippen molar-refractivity contribution in [3.63, 3.8) is 0 Å². The second-order valence-corrected chi connectivity index (χ2v) is 6.01. The summed E-state index contributed by atoms with van der Waals surface area (Å²) in [5.41, 5.74) is 6.44. The van der Waals surface area contributed by atoms with Crippen LogP contribution >= 0.6 is 0 Å². The lowest BCUT2D eigenvalue weighted by atomic mass is 10.0. The van der Waals surface area contributed by atoms with Crippen molar-refractivity contribution in [2.45, 2.75) is 25.4 Å². The Morgan fingerprint density at radius 1 is 1.08 bits per heavy atom. The Labute approximate surface area is 136 Å². The van der Waals surface area contributed by atoms with Gasteiger partial charge in [-0.05, 0) is 42.3 Å². The molecular weight excluding hydrogens is 319 g/mol. The maximum absolute atomic E-state index is 12.7. The predicted octanol–water partition coefficient (Wildman–Crippen LogP) is 3.39. The monoisotopic (exact) mass is 335 g/mol. The van der Waals surface area contributed by atoms with Crippen LogP contribution in [0.15, 0.2) is 48.8 Å². The highest BCUT2D eigenvalue weighted by atomic mass is 19.4. The Morgan fingerprint density at radius 2 is 1.71 bits per heavy atom. The molecule has 1 aromatic heterocycles. The van der Waals surface area contributed by atoms with Gasteiger partial charge in [-0.25, -0.2) is 4.98 Å². The zero-order valence-corrected chi connectivity index (χ0v) is 12.9. The molecule has 1 heterocycles. The molecule has 0 radical (unpaired) electrons. The van der Waals surface area contributed by atoms with Crippen molar-refractivity contribution >= 4 is 11.0 Å². The van der Waals surface area contributed by atoms with E-state index in [1.165, 1.54) is 19.1 Å². The molecule has 3 N–H and O–H groups in total. The van der Waals surface area contributed by atoms with E-state index < -0.39 is 17.5 Å². The van der Waals surface area contributed by atoms with Crippen LogP contribution in [0.5, 0.6) is 0 Å². The normalized spacial score (nSPS) is 14.8. The van der Waals surface area contributed by atoms with Crippen LogP contribution in [0.4, 0.5) is 13.2 Å². The van der Waals surface area contributed by atoms with E-state index in [-0.39, 0.29) is 6.54 Å². The number of rotatable bonds is 3. The number of halogens is 3. The summed E-state index contributed by atoms with van der Waals surface area (Å²) in [7, 11) is 0. The molecular formula is C17H16F3N3O. The zero-order valence-electron chi connectivity index (χ0n) is 12.9. The van der Waals surface area contributed by atoms with Crippen LogP contribution in [-0.4, -0.2) is 20.4 Å². The summed E-state index contributed by atoms with van der Waals surface area (Å²) < 4.78 is 39.7. The summed E-state index contributed by atoms with van der Waals surface area (Å²) >= 11 is 0. The Morgan fingerprint density at radius 3 is 2.29 bits per heavy atom. The van der Waals surface area contributed by atoms with Crippen LogP contribution in [0, 0.1) is 0 Å². The van der Waals surface area contributed by atoms with Crippen molar-refractivity contribution in [2.24, 2.45) is 5.73 Å². The second kappa shape index (κ2) is 5.61. The van der Waals surface area contributed by atoms with E-state index >= 15 is 0 Å². The fourth-order valence-corrected chi connectivity index (χ4v) is 2.56. The van der Waals surface area contributed by atoms with Gasteiger partial charge < -0.3 is 15.4 Å². The third kappa shape index (κ3) is 3.42. The van der Waals surface area contributed by atoms with E-state index in [0.717, 1.165) is 28.7 Å². The fraction of sp³-hybridized carbons (Fsp3) is 0.235. The van der Waals surface area contributed by atoms with Gasteiger partial charge in [0.05, 0.1) is 29.5 Å². The summed E-state index contributed by atoms with van der Waals surface area (Å²) in [5, 5.41) is 9.76. The number of aliphatic hydroxyl groups is 1. The highest BCUT2D eigenvalue weighted by Crippen LogP contribution is 2.31. The van der Waals surface area contributed by atoms with Crippen LogP contribution in [0.3, 0.4) is 0 Å². The summed E-state index contributed by atoms with van der Waals surface area (Å²) in [6, 6.07) is 10.4. The molecule has 2 aromatic carbocycles. The molecule has 126 valence electrons. The average molecular weight is 335 g/mol. The first-order valence-electron chi connectivity index (χ1n) is 7.27. The molecule has 0 fully saturated rings. The quantitative estimate of drug-likeness (QED) is 0.721. The minimum absolute atomic E-state index is 0.153. The van der Waals surface area contributed by atoms with Crippen LogP contribution < -0.4 is 5.73 Å². The van der Waals surface area contributed by atoms with Gasteiger partial charge in [0.2, 0.25) is 0 Å². The molecule has 4 nitrogen and oxygen atoms in total. The van der Waals surface area contributed by atoms with Gasteiger partial charge in [0.25, 0.3) is 0 Å². The van der Waals surface area contributed by atoms with E-state index in [0.29, 0.717) is 5.56 Å². The molecule has 0 bridgehead atoms. The summed E-state index contributed by atoms with van der Waals surface area (Å²) in [5.74, 6) is 0. The van der Waals surface area contributed by atoms with Gasteiger partial charge in [0.1, 0.15) is 5.72 Å². The van der Waals surface area contributed by atoms with E-state index in [2.05, 4.69) is 4.98 Å². The highest BCUT2D eigenvalue weighted by Gasteiger charge is 2.30. The molecule has 3 aromatic rings. The van der Waals surface area contributed by atoms with Gasteiger partial charge in [0.15, 0.2) is 0 Å². The molecule has 7 heteroatoms. The first kappa shape index (κ1) is 16.5.